The molecule has 0 fully saturated rings. The van der Waals surface area contributed by atoms with Crippen LogP contribution < -0.4 is 10.0 Å². The topological polar surface area (TPSA) is 105 Å². The van der Waals surface area contributed by atoms with E-state index in [9.17, 15) is 31.2 Å². The lowest BCUT2D eigenvalue weighted by Crippen LogP contribution is -2.31. The van der Waals surface area contributed by atoms with Gasteiger partial charge in [-0.2, -0.15) is 13.2 Å². The normalized spacial score (nSPS) is 11.8. The molecule has 2 N–H and O–H groups in total. The monoisotopic (exact) mass is 601 g/mol. The molecule has 1 heterocycles. The average Bonchev–Trinajstić information content (AvgIpc) is 2.92. The van der Waals surface area contributed by atoms with Crippen LogP contribution in [0.25, 0.3) is 22.2 Å². The molecule has 0 bridgehead atoms. The largest absolute Gasteiger partial charge is 0.446 e. The molecule has 0 spiro atoms. The molecule has 4 rings (SSSR count). The van der Waals surface area contributed by atoms with Gasteiger partial charge in [0, 0.05) is 27.8 Å². The number of rotatable bonds is 10. The number of aromatic nitrogens is 1. The minimum absolute atomic E-state index is 0.0107. The van der Waals surface area contributed by atoms with Crippen molar-refractivity contribution in [2.45, 2.75) is 47.9 Å². The number of benzene rings is 3. The molecule has 2 amide bonds. The molecule has 0 unspecified atom stereocenters. The first kappa shape index (κ1) is 30.1. The minimum Gasteiger partial charge on any atom is -0.321 e. The summed E-state index contributed by atoms with van der Waals surface area (Å²) in [5, 5.41) is 3.20. The first-order valence-electron chi connectivity index (χ1n) is 12.7. The number of para-hydroxylation sites is 1. The number of carbonyl (C=O) groups is 2. The molecule has 41 heavy (non-hydrogen) atoms. The highest BCUT2D eigenvalue weighted by Gasteiger charge is 2.29. The van der Waals surface area contributed by atoms with Crippen LogP contribution in [0, 0.1) is 0 Å². The molecule has 0 aliphatic carbocycles. The zero-order valence-corrected chi connectivity index (χ0v) is 23.5. The molecular weight excluding hydrogens is 575 g/mol. The molecule has 0 aliphatic heterocycles. The molecule has 0 saturated carbocycles. The van der Waals surface area contributed by atoms with Crippen LogP contribution in [0.15, 0.2) is 88.7 Å². The number of anilines is 1. The van der Waals surface area contributed by atoms with Crippen molar-refractivity contribution in [2.24, 2.45) is 0 Å². The number of nitrogens with zero attached hydrogens (tertiary/aromatic N) is 1. The number of halogens is 3. The number of fused-ring (bicyclic) bond motifs is 1. The lowest BCUT2D eigenvalue weighted by Gasteiger charge is -2.13. The summed E-state index contributed by atoms with van der Waals surface area (Å²) in [6.07, 6.45) is 2.33. The summed E-state index contributed by atoms with van der Waals surface area (Å²) in [4.78, 5) is 29.5. The zero-order chi connectivity index (χ0) is 29.6. The van der Waals surface area contributed by atoms with Gasteiger partial charge in [0.25, 0.3) is 15.9 Å². The number of pyridine rings is 1. The summed E-state index contributed by atoms with van der Waals surface area (Å²) in [6.45, 7) is 1.97. The number of carbonyl (C=O) groups excluding carboxylic acids is 2. The summed E-state index contributed by atoms with van der Waals surface area (Å²) < 4.78 is 66.1. The van der Waals surface area contributed by atoms with Gasteiger partial charge < -0.3 is 5.32 Å². The Morgan fingerprint density at radius 2 is 1.71 bits per heavy atom. The number of hydrogen-bond donors (Lipinski definition) is 2. The Bertz CT molecular complexity index is 1690. The Morgan fingerprint density at radius 3 is 2.46 bits per heavy atom. The van der Waals surface area contributed by atoms with Gasteiger partial charge in [0.2, 0.25) is 5.91 Å². The summed E-state index contributed by atoms with van der Waals surface area (Å²) in [6, 6.07) is 19.8. The third kappa shape index (κ3) is 8.08. The Morgan fingerprint density at radius 1 is 0.927 bits per heavy atom. The van der Waals surface area contributed by atoms with Crippen LogP contribution >= 0.6 is 11.8 Å². The van der Waals surface area contributed by atoms with Gasteiger partial charge in [0.15, 0.2) is 0 Å². The standard InChI is InChI=1S/C29H26F3N3O4S2/c1-2-3-4-12-27(36)35-41(38,39)26-11-6-5-10-25(26)34-28(37)21-14-16-24-20(17-21)13-15-23(33-24)19-8-7-9-22(18-19)40-29(30,31)32/h5-11,13-18H,2-4,12H2,1H3,(H,34,37)(H,35,36). The van der Waals surface area contributed by atoms with Gasteiger partial charge in [0.05, 0.1) is 16.9 Å². The first-order chi connectivity index (χ1) is 19.4. The molecule has 4 aromatic rings. The second kappa shape index (κ2) is 12.7. The highest BCUT2D eigenvalue weighted by atomic mass is 32.2. The predicted octanol–water partition coefficient (Wildman–Crippen LogP) is 7.15. The maximum absolute atomic E-state index is 13.1. The number of amides is 2. The molecule has 0 aliphatic rings. The molecule has 0 radical (unpaired) electrons. The summed E-state index contributed by atoms with van der Waals surface area (Å²) in [5.41, 5.74) is -2.67. The van der Waals surface area contributed by atoms with E-state index < -0.39 is 27.3 Å². The van der Waals surface area contributed by atoms with Crippen LogP contribution in [0.2, 0.25) is 0 Å². The Balaban J connectivity index is 1.53. The van der Waals surface area contributed by atoms with Crippen molar-refractivity contribution in [2.75, 3.05) is 5.32 Å². The maximum Gasteiger partial charge on any atom is 0.446 e. The Labute approximate surface area is 239 Å². The maximum atomic E-state index is 13.1. The van der Waals surface area contributed by atoms with Crippen molar-refractivity contribution in [3.8, 4) is 11.3 Å². The van der Waals surface area contributed by atoms with Gasteiger partial charge in [0.1, 0.15) is 4.90 Å². The van der Waals surface area contributed by atoms with E-state index in [0.717, 1.165) is 12.8 Å². The number of thioether (sulfide) groups is 1. The van der Waals surface area contributed by atoms with E-state index in [2.05, 4.69) is 15.0 Å². The van der Waals surface area contributed by atoms with E-state index >= 15 is 0 Å². The van der Waals surface area contributed by atoms with Crippen LogP contribution in [-0.2, 0) is 14.8 Å². The molecule has 7 nitrogen and oxygen atoms in total. The van der Waals surface area contributed by atoms with Crippen LogP contribution in [0.4, 0.5) is 18.9 Å². The van der Waals surface area contributed by atoms with Crippen molar-refractivity contribution in [1.82, 2.24) is 9.71 Å². The van der Waals surface area contributed by atoms with E-state index in [0.29, 0.717) is 28.6 Å². The number of unbranched alkanes of at least 4 members (excludes halogenated alkanes) is 2. The molecule has 0 atom stereocenters. The van der Waals surface area contributed by atoms with Crippen molar-refractivity contribution in [1.29, 1.82) is 0 Å². The van der Waals surface area contributed by atoms with Gasteiger partial charge in [-0.3, -0.25) is 9.59 Å². The molecule has 214 valence electrons. The van der Waals surface area contributed by atoms with E-state index in [4.69, 9.17) is 0 Å². The molecular formula is C29H26F3N3O4S2. The lowest BCUT2D eigenvalue weighted by atomic mass is 10.1. The van der Waals surface area contributed by atoms with Crippen LogP contribution in [-0.4, -0.2) is 30.7 Å². The van der Waals surface area contributed by atoms with Crippen molar-refractivity contribution < 1.29 is 31.2 Å². The lowest BCUT2D eigenvalue weighted by molar-refractivity contribution is -0.119. The van der Waals surface area contributed by atoms with E-state index in [-0.39, 0.29) is 39.2 Å². The fraction of sp³-hybridized carbons (Fsp3) is 0.207. The second-order valence-corrected chi connectivity index (χ2v) is 11.9. The van der Waals surface area contributed by atoms with Crippen molar-refractivity contribution in [3.63, 3.8) is 0 Å². The first-order valence-corrected chi connectivity index (χ1v) is 15.0. The fourth-order valence-electron chi connectivity index (χ4n) is 4.07. The van der Waals surface area contributed by atoms with Crippen LogP contribution in [0.3, 0.4) is 0 Å². The molecule has 1 aromatic heterocycles. The fourth-order valence-corrected chi connectivity index (χ4v) is 5.85. The quantitative estimate of drug-likeness (QED) is 0.148. The SMILES string of the molecule is CCCCCC(=O)NS(=O)(=O)c1ccccc1NC(=O)c1ccc2nc(-c3cccc(SC(F)(F)F)c3)ccc2c1. The molecule has 12 heteroatoms. The number of nitrogens with one attached hydrogen (secondary N) is 2. The van der Waals surface area contributed by atoms with Gasteiger partial charge in [-0.15, -0.1) is 0 Å². The van der Waals surface area contributed by atoms with E-state index in [1.807, 2.05) is 6.92 Å². The smallest absolute Gasteiger partial charge is 0.321 e. The minimum atomic E-state index is -4.40. The second-order valence-electron chi connectivity index (χ2n) is 9.12. The number of alkyl halides is 3. The number of sulfonamides is 1. The molecule has 0 saturated heterocycles. The van der Waals surface area contributed by atoms with Crippen molar-refractivity contribution in [3.05, 3.63) is 84.4 Å². The highest BCUT2D eigenvalue weighted by molar-refractivity contribution is 8.00. The third-order valence-electron chi connectivity index (χ3n) is 6.00. The average molecular weight is 602 g/mol. The van der Waals surface area contributed by atoms with Gasteiger partial charge in [-0.1, -0.05) is 50.1 Å². The summed E-state index contributed by atoms with van der Waals surface area (Å²) >= 11 is -0.203. The zero-order valence-electron chi connectivity index (χ0n) is 21.9. The predicted molar refractivity (Wildman–Crippen MR) is 153 cm³/mol. The summed E-state index contributed by atoms with van der Waals surface area (Å²) in [5.74, 6) is -1.20. The van der Waals surface area contributed by atoms with Gasteiger partial charge >= 0.3 is 5.51 Å². The van der Waals surface area contributed by atoms with Gasteiger partial charge in [-0.25, -0.2) is 18.1 Å². The van der Waals surface area contributed by atoms with Crippen LogP contribution in [0.5, 0.6) is 0 Å². The van der Waals surface area contributed by atoms with Crippen molar-refractivity contribution >= 4 is 50.2 Å². The van der Waals surface area contributed by atoms with Gasteiger partial charge in [-0.05, 0) is 66.7 Å². The molecule has 3 aromatic carbocycles. The van der Waals surface area contributed by atoms with Crippen LogP contribution in [0.1, 0.15) is 43.0 Å². The number of hydrogen-bond acceptors (Lipinski definition) is 6. The Kier molecular flexibility index (Phi) is 9.34. The third-order valence-corrected chi connectivity index (χ3v) is 8.15. The Hall–Kier alpha value is -3.90. The highest BCUT2D eigenvalue weighted by Crippen LogP contribution is 2.38. The summed E-state index contributed by atoms with van der Waals surface area (Å²) in [7, 11) is -4.22. The van der Waals surface area contributed by atoms with E-state index in [1.165, 1.54) is 42.5 Å². The van der Waals surface area contributed by atoms with E-state index in [1.54, 1.807) is 36.4 Å².